The van der Waals surface area contributed by atoms with Crippen molar-refractivity contribution in [3.05, 3.63) is 18.2 Å². The van der Waals surface area contributed by atoms with Crippen molar-refractivity contribution in [2.75, 3.05) is 49.1 Å². The number of nitrogens with zero attached hydrogens (tertiary/aromatic N) is 7. The molecule has 3 saturated heterocycles. The number of likely N-dealkylation sites (tertiary alicyclic amines) is 1. The summed E-state index contributed by atoms with van der Waals surface area (Å²) in [6, 6.07) is 1.04. The Bertz CT molecular complexity index is 1060. The van der Waals surface area contributed by atoms with E-state index in [1.165, 1.54) is 0 Å². The molecule has 2 aromatic rings. The van der Waals surface area contributed by atoms with Crippen molar-refractivity contribution in [3.63, 3.8) is 0 Å². The molecule has 3 fully saturated rings. The van der Waals surface area contributed by atoms with Crippen LogP contribution in [-0.2, 0) is 4.79 Å². The van der Waals surface area contributed by atoms with Crippen molar-refractivity contribution in [2.24, 2.45) is 17.6 Å². The standard InChI is InChI=1S/C27H42N8O3.ClH/c1-18(2)25-31-27(38-32-25)33-11-7-20(8-12-33)19(3)9-13-37-26-29-14-21(15-30-26)34-16-22(28)23(17-34)35-10-5-4-6-24(35)36;/h14-15,18-20,22-23H,4-13,16-17,28H2,1-3H3;1H/t19-,22-,23+;/m1./s1. The summed E-state index contributed by atoms with van der Waals surface area (Å²) in [6.45, 7) is 11.1. The maximum Gasteiger partial charge on any atom is 0.324 e. The predicted molar refractivity (Wildman–Crippen MR) is 151 cm³/mol. The first-order chi connectivity index (χ1) is 18.4. The van der Waals surface area contributed by atoms with Gasteiger partial charge in [0.25, 0.3) is 0 Å². The monoisotopic (exact) mass is 562 g/mol. The second-order valence-electron chi connectivity index (χ2n) is 11.4. The molecule has 216 valence electrons. The van der Waals surface area contributed by atoms with E-state index in [2.05, 4.69) is 50.7 Å². The molecule has 12 heteroatoms. The van der Waals surface area contributed by atoms with E-state index < -0.39 is 0 Å². The fourth-order valence-electron chi connectivity index (χ4n) is 5.90. The molecule has 0 aliphatic carbocycles. The summed E-state index contributed by atoms with van der Waals surface area (Å²) in [5, 5.41) is 4.09. The summed E-state index contributed by atoms with van der Waals surface area (Å²) < 4.78 is 11.4. The van der Waals surface area contributed by atoms with Gasteiger partial charge in [0.05, 0.1) is 30.7 Å². The Kier molecular flexibility index (Phi) is 9.87. The van der Waals surface area contributed by atoms with Crippen LogP contribution in [0.5, 0.6) is 6.01 Å². The van der Waals surface area contributed by atoms with E-state index in [1.807, 2.05) is 4.90 Å². The second kappa shape index (κ2) is 13.1. The highest BCUT2D eigenvalue weighted by atomic mass is 35.5. The normalized spacial score (nSPS) is 23.3. The third-order valence-electron chi connectivity index (χ3n) is 8.44. The molecule has 5 rings (SSSR count). The molecule has 0 bridgehead atoms. The highest BCUT2D eigenvalue weighted by Gasteiger charge is 2.37. The second-order valence-corrected chi connectivity index (χ2v) is 11.4. The Morgan fingerprint density at radius 2 is 1.82 bits per heavy atom. The topological polar surface area (TPSA) is 127 Å². The fourth-order valence-corrected chi connectivity index (χ4v) is 5.90. The van der Waals surface area contributed by atoms with Gasteiger partial charge in [-0.2, -0.15) is 4.98 Å². The molecule has 0 saturated carbocycles. The SMILES string of the molecule is CC(C)c1noc(N2CCC([C@H](C)CCOc3ncc(N4C[C@@H](N)[C@@H](N5CCCCC5=O)C4)cn3)CC2)n1.Cl. The molecule has 3 aliphatic rings. The average molecular weight is 563 g/mol. The summed E-state index contributed by atoms with van der Waals surface area (Å²) >= 11 is 0. The third-order valence-corrected chi connectivity index (χ3v) is 8.44. The van der Waals surface area contributed by atoms with Crippen molar-refractivity contribution >= 4 is 30.0 Å². The van der Waals surface area contributed by atoms with Crippen LogP contribution >= 0.6 is 12.4 Å². The number of hydrogen-bond donors (Lipinski definition) is 1. The molecule has 1 amide bonds. The molecule has 2 aromatic heterocycles. The Morgan fingerprint density at radius 1 is 1.08 bits per heavy atom. The fraction of sp³-hybridized carbons (Fsp3) is 0.741. The zero-order chi connectivity index (χ0) is 26.6. The van der Waals surface area contributed by atoms with Crippen molar-refractivity contribution in [1.29, 1.82) is 0 Å². The van der Waals surface area contributed by atoms with Gasteiger partial charge in [-0.1, -0.05) is 25.9 Å². The van der Waals surface area contributed by atoms with Gasteiger partial charge in [-0.05, 0) is 43.9 Å². The number of nitrogens with two attached hydrogens (primary N) is 1. The van der Waals surface area contributed by atoms with Crippen LogP contribution in [0.1, 0.15) is 71.0 Å². The van der Waals surface area contributed by atoms with Crippen LogP contribution < -0.4 is 20.3 Å². The number of hydrogen-bond acceptors (Lipinski definition) is 10. The number of amides is 1. The van der Waals surface area contributed by atoms with Crippen LogP contribution in [0.4, 0.5) is 11.7 Å². The van der Waals surface area contributed by atoms with Crippen LogP contribution in [0.15, 0.2) is 16.9 Å². The van der Waals surface area contributed by atoms with Crippen molar-refractivity contribution in [3.8, 4) is 6.01 Å². The molecule has 3 aliphatic heterocycles. The maximum atomic E-state index is 12.4. The lowest BCUT2D eigenvalue weighted by Gasteiger charge is -2.34. The molecule has 0 unspecified atom stereocenters. The lowest BCUT2D eigenvalue weighted by Crippen LogP contribution is -2.51. The van der Waals surface area contributed by atoms with E-state index in [-0.39, 0.29) is 36.3 Å². The molecule has 0 radical (unpaired) electrons. The smallest absolute Gasteiger partial charge is 0.324 e. The third kappa shape index (κ3) is 6.92. The highest BCUT2D eigenvalue weighted by Crippen LogP contribution is 2.30. The summed E-state index contributed by atoms with van der Waals surface area (Å²) in [4.78, 5) is 32.1. The van der Waals surface area contributed by atoms with Gasteiger partial charge in [-0.3, -0.25) is 4.79 Å². The first kappa shape index (κ1) is 29.3. The Hall–Kier alpha value is -2.66. The molecule has 39 heavy (non-hydrogen) atoms. The van der Waals surface area contributed by atoms with Gasteiger partial charge >= 0.3 is 12.0 Å². The van der Waals surface area contributed by atoms with Crippen molar-refractivity contribution in [2.45, 2.75) is 77.3 Å². The van der Waals surface area contributed by atoms with Crippen LogP contribution in [0, 0.1) is 11.8 Å². The lowest BCUT2D eigenvalue weighted by molar-refractivity contribution is -0.135. The number of aromatic nitrogens is 4. The minimum atomic E-state index is -0.0640. The van der Waals surface area contributed by atoms with E-state index in [0.717, 1.165) is 69.8 Å². The van der Waals surface area contributed by atoms with Gasteiger partial charge in [-0.25, -0.2) is 9.97 Å². The van der Waals surface area contributed by atoms with E-state index in [0.29, 0.717) is 43.4 Å². The zero-order valence-electron chi connectivity index (χ0n) is 23.4. The van der Waals surface area contributed by atoms with Gasteiger partial charge in [0, 0.05) is 51.1 Å². The number of ether oxygens (including phenoxy) is 1. The number of carbonyl (C=O) groups is 1. The quantitative estimate of drug-likeness (QED) is 0.486. The Morgan fingerprint density at radius 3 is 2.49 bits per heavy atom. The Balaban J connectivity index is 0.00000353. The molecule has 0 spiro atoms. The number of carbonyl (C=O) groups excluding carboxylic acids is 1. The van der Waals surface area contributed by atoms with Gasteiger partial charge in [0.1, 0.15) is 0 Å². The molecule has 3 atom stereocenters. The molecular weight excluding hydrogens is 520 g/mol. The van der Waals surface area contributed by atoms with E-state index in [4.69, 9.17) is 15.0 Å². The minimum absolute atomic E-state index is 0. The maximum absolute atomic E-state index is 12.4. The number of halogens is 1. The van der Waals surface area contributed by atoms with Crippen LogP contribution in [0.2, 0.25) is 0 Å². The predicted octanol–water partition coefficient (Wildman–Crippen LogP) is 3.25. The molecule has 11 nitrogen and oxygen atoms in total. The Labute approximate surface area is 237 Å². The average Bonchev–Trinajstić information content (AvgIpc) is 3.57. The van der Waals surface area contributed by atoms with Crippen LogP contribution in [0.3, 0.4) is 0 Å². The van der Waals surface area contributed by atoms with Crippen molar-refractivity contribution < 1.29 is 14.1 Å². The van der Waals surface area contributed by atoms with Gasteiger partial charge in [-0.15, -0.1) is 12.4 Å². The summed E-state index contributed by atoms with van der Waals surface area (Å²) in [5.74, 6) is 2.46. The van der Waals surface area contributed by atoms with E-state index in [1.54, 1.807) is 12.4 Å². The van der Waals surface area contributed by atoms with Crippen molar-refractivity contribution in [1.82, 2.24) is 25.0 Å². The van der Waals surface area contributed by atoms with Crippen LogP contribution in [-0.4, -0.2) is 82.3 Å². The van der Waals surface area contributed by atoms with E-state index in [9.17, 15) is 4.79 Å². The number of piperidine rings is 2. The van der Waals surface area contributed by atoms with Gasteiger partial charge in [0.15, 0.2) is 5.82 Å². The van der Waals surface area contributed by atoms with Gasteiger partial charge in [0.2, 0.25) is 5.91 Å². The lowest BCUT2D eigenvalue weighted by atomic mass is 9.84. The molecule has 0 aromatic carbocycles. The minimum Gasteiger partial charge on any atom is -0.463 e. The highest BCUT2D eigenvalue weighted by molar-refractivity contribution is 5.85. The van der Waals surface area contributed by atoms with Gasteiger partial charge < -0.3 is 29.7 Å². The first-order valence-corrected chi connectivity index (χ1v) is 14.2. The zero-order valence-corrected chi connectivity index (χ0v) is 24.2. The number of anilines is 2. The summed E-state index contributed by atoms with van der Waals surface area (Å²) in [6.07, 6.45) is 9.45. The first-order valence-electron chi connectivity index (χ1n) is 14.2. The van der Waals surface area contributed by atoms with Crippen LogP contribution in [0.25, 0.3) is 0 Å². The largest absolute Gasteiger partial charge is 0.463 e. The van der Waals surface area contributed by atoms with E-state index >= 15 is 0 Å². The summed E-state index contributed by atoms with van der Waals surface area (Å²) in [7, 11) is 0. The molecule has 2 N–H and O–H groups in total. The molecule has 5 heterocycles. The molecular formula is C27H43ClN8O3. The summed E-state index contributed by atoms with van der Waals surface area (Å²) in [5.41, 5.74) is 7.34. The number of rotatable bonds is 9.